The molecule has 4 nitrogen and oxygen atoms in total. The van der Waals surface area contributed by atoms with Gasteiger partial charge < -0.3 is 9.64 Å². The molecule has 0 radical (unpaired) electrons. The number of para-hydroxylation sites is 1. The summed E-state index contributed by atoms with van der Waals surface area (Å²) < 4.78 is 4.53. The van der Waals surface area contributed by atoms with Gasteiger partial charge in [-0.1, -0.05) is 37.2 Å². The van der Waals surface area contributed by atoms with E-state index >= 15 is 0 Å². The van der Waals surface area contributed by atoms with Crippen LogP contribution in [0.3, 0.4) is 0 Å². The van der Waals surface area contributed by atoms with E-state index in [1.165, 1.54) is 7.11 Å². The molecule has 0 atom stereocenters. The zero-order chi connectivity index (χ0) is 15.2. The number of benzene rings is 1. The number of rotatable bonds is 6. The number of hydrogen-bond acceptors (Lipinski definition) is 5. The minimum Gasteiger partial charge on any atom is -0.469 e. The van der Waals surface area contributed by atoms with Crippen molar-refractivity contribution < 1.29 is 14.3 Å². The molecule has 0 saturated carbocycles. The molecule has 2 rings (SSSR count). The fourth-order valence-corrected chi connectivity index (χ4v) is 3.26. The lowest BCUT2D eigenvalue weighted by atomic mass is 10.2. The Morgan fingerprint density at radius 2 is 2.10 bits per heavy atom. The SMILES string of the molecule is CCCCN1/C(=C/C(=O)CC(=O)OC)Sc2ccccc21. The molecule has 21 heavy (non-hydrogen) atoms. The second-order valence-electron chi connectivity index (χ2n) is 4.78. The molecule has 0 saturated heterocycles. The fourth-order valence-electron chi connectivity index (χ4n) is 2.11. The second kappa shape index (κ2) is 7.31. The largest absolute Gasteiger partial charge is 0.469 e. The molecule has 0 spiro atoms. The van der Waals surface area contributed by atoms with Crippen molar-refractivity contribution in [1.82, 2.24) is 0 Å². The van der Waals surface area contributed by atoms with Crippen LogP contribution in [0.15, 0.2) is 40.3 Å². The first-order valence-electron chi connectivity index (χ1n) is 7.01. The van der Waals surface area contributed by atoms with Crippen LogP contribution in [0, 0.1) is 0 Å². The number of ketones is 1. The Labute approximate surface area is 129 Å². The molecule has 0 bridgehead atoms. The van der Waals surface area contributed by atoms with Crippen molar-refractivity contribution in [2.75, 3.05) is 18.6 Å². The fraction of sp³-hybridized carbons (Fsp3) is 0.375. The van der Waals surface area contributed by atoms with Gasteiger partial charge in [0.05, 0.1) is 17.8 Å². The summed E-state index contributed by atoms with van der Waals surface area (Å²) in [6.45, 7) is 3.01. The second-order valence-corrected chi connectivity index (χ2v) is 5.84. The summed E-state index contributed by atoms with van der Waals surface area (Å²) in [4.78, 5) is 26.4. The van der Waals surface area contributed by atoms with Gasteiger partial charge in [0.1, 0.15) is 6.42 Å². The molecule has 1 aliphatic heterocycles. The number of nitrogens with zero attached hydrogens (tertiary/aromatic N) is 1. The van der Waals surface area contributed by atoms with Gasteiger partial charge in [0, 0.05) is 17.5 Å². The first-order chi connectivity index (χ1) is 10.2. The predicted octanol–water partition coefficient (Wildman–Crippen LogP) is 3.37. The number of hydrogen-bond donors (Lipinski definition) is 0. The van der Waals surface area contributed by atoms with Gasteiger partial charge >= 0.3 is 5.97 Å². The van der Waals surface area contributed by atoms with Crippen LogP contribution in [-0.2, 0) is 14.3 Å². The zero-order valence-corrected chi connectivity index (χ0v) is 13.1. The maximum atomic E-state index is 11.9. The van der Waals surface area contributed by atoms with Crippen molar-refractivity contribution >= 4 is 29.2 Å². The maximum Gasteiger partial charge on any atom is 0.313 e. The number of methoxy groups -OCH3 is 1. The molecular weight excluding hydrogens is 286 g/mol. The van der Waals surface area contributed by atoms with Crippen LogP contribution in [0.4, 0.5) is 5.69 Å². The summed E-state index contributed by atoms with van der Waals surface area (Å²) >= 11 is 1.57. The highest BCUT2D eigenvalue weighted by Crippen LogP contribution is 2.45. The van der Waals surface area contributed by atoms with E-state index in [4.69, 9.17) is 0 Å². The third kappa shape index (κ3) is 3.88. The summed E-state index contributed by atoms with van der Waals surface area (Å²) in [5, 5.41) is 0.888. The van der Waals surface area contributed by atoms with Gasteiger partial charge in [0.25, 0.3) is 0 Å². The van der Waals surface area contributed by atoms with Gasteiger partial charge in [-0.25, -0.2) is 0 Å². The van der Waals surface area contributed by atoms with E-state index in [2.05, 4.69) is 22.6 Å². The Balaban J connectivity index is 2.18. The highest BCUT2D eigenvalue weighted by molar-refractivity contribution is 8.03. The van der Waals surface area contributed by atoms with Crippen LogP contribution in [0.1, 0.15) is 26.2 Å². The topological polar surface area (TPSA) is 46.6 Å². The van der Waals surface area contributed by atoms with Crippen LogP contribution in [0.25, 0.3) is 0 Å². The minimum absolute atomic E-state index is 0.210. The monoisotopic (exact) mass is 305 g/mol. The number of thioether (sulfide) groups is 1. The number of carbonyl (C=O) groups is 2. The molecule has 5 heteroatoms. The van der Waals surface area contributed by atoms with Crippen molar-refractivity contribution in [3.8, 4) is 0 Å². The quantitative estimate of drug-likeness (QED) is 0.458. The maximum absolute atomic E-state index is 11.9. The smallest absolute Gasteiger partial charge is 0.313 e. The van der Waals surface area contributed by atoms with E-state index < -0.39 is 5.97 Å². The normalized spacial score (nSPS) is 15.1. The Kier molecular flexibility index (Phi) is 5.44. The molecule has 0 amide bonds. The summed E-state index contributed by atoms with van der Waals surface area (Å²) in [7, 11) is 1.29. The Hall–Kier alpha value is -1.75. The van der Waals surface area contributed by atoms with Crippen molar-refractivity contribution in [3.05, 3.63) is 35.4 Å². The number of anilines is 1. The van der Waals surface area contributed by atoms with Crippen LogP contribution >= 0.6 is 11.8 Å². The van der Waals surface area contributed by atoms with Crippen molar-refractivity contribution in [2.24, 2.45) is 0 Å². The van der Waals surface area contributed by atoms with Crippen LogP contribution in [-0.4, -0.2) is 25.4 Å². The van der Waals surface area contributed by atoms with E-state index in [9.17, 15) is 9.59 Å². The highest BCUT2D eigenvalue weighted by atomic mass is 32.2. The molecule has 1 aromatic carbocycles. The van der Waals surface area contributed by atoms with Crippen molar-refractivity contribution in [3.63, 3.8) is 0 Å². The van der Waals surface area contributed by atoms with Gasteiger partial charge in [0.2, 0.25) is 0 Å². The molecule has 1 aliphatic rings. The number of allylic oxidation sites excluding steroid dienone is 1. The lowest BCUT2D eigenvalue weighted by molar-refractivity contribution is -0.142. The summed E-state index contributed by atoms with van der Waals surface area (Å²) in [6, 6.07) is 8.09. The standard InChI is InChI=1S/C16H19NO3S/c1-3-4-9-17-13-7-5-6-8-14(13)21-15(17)10-12(18)11-16(19)20-2/h5-8,10H,3-4,9,11H2,1-2H3/b15-10-. The average Bonchev–Trinajstić information content (AvgIpc) is 2.82. The summed E-state index contributed by atoms with van der Waals surface area (Å²) in [5.41, 5.74) is 1.13. The van der Waals surface area contributed by atoms with E-state index in [0.717, 1.165) is 35.0 Å². The molecule has 1 aromatic rings. The van der Waals surface area contributed by atoms with Crippen molar-refractivity contribution in [2.45, 2.75) is 31.1 Å². The Morgan fingerprint density at radius 1 is 1.33 bits per heavy atom. The van der Waals surface area contributed by atoms with Crippen LogP contribution in [0.5, 0.6) is 0 Å². The predicted molar refractivity (Wildman–Crippen MR) is 84.3 cm³/mol. The number of ether oxygens (including phenoxy) is 1. The molecule has 112 valence electrons. The van der Waals surface area contributed by atoms with Gasteiger partial charge in [-0.2, -0.15) is 0 Å². The average molecular weight is 305 g/mol. The Bertz CT molecular complexity index is 568. The van der Waals surface area contributed by atoms with Gasteiger partial charge in [-0.3, -0.25) is 9.59 Å². The summed E-state index contributed by atoms with van der Waals surface area (Å²) in [5.74, 6) is -0.726. The van der Waals surface area contributed by atoms with Gasteiger partial charge in [0.15, 0.2) is 5.78 Å². The third-order valence-corrected chi connectivity index (χ3v) is 4.32. The van der Waals surface area contributed by atoms with Crippen LogP contribution in [0.2, 0.25) is 0 Å². The number of esters is 1. The highest BCUT2D eigenvalue weighted by Gasteiger charge is 2.25. The lowest BCUT2D eigenvalue weighted by Gasteiger charge is -2.19. The molecular formula is C16H19NO3S. The molecule has 1 heterocycles. The van der Waals surface area contributed by atoms with E-state index in [-0.39, 0.29) is 12.2 Å². The molecule has 0 aromatic heterocycles. The summed E-state index contributed by atoms with van der Waals surface area (Å²) in [6.07, 6.45) is 3.49. The van der Waals surface area contributed by atoms with Crippen LogP contribution < -0.4 is 4.90 Å². The molecule has 0 aliphatic carbocycles. The first-order valence-corrected chi connectivity index (χ1v) is 7.83. The van der Waals surface area contributed by atoms with Gasteiger partial charge in [-0.05, 0) is 18.6 Å². The zero-order valence-electron chi connectivity index (χ0n) is 12.3. The van der Waals surface area contributed by atoms with Gasteiger partial charge in [-0.15, -0.1) is 0 Å². The minimum atomic E-state index is -0.502. The van der Waals surface area contributed by atoms with E-state index in [1.54, 1.807) is 17.8 Å². The molecule has 0 unspecified atom stereocenters. The number of fused-ring (bicyclic) bond motifs is 1. The van der Waals surface area contributed by atoms with Crippen molar-refractivity contribution in [1.29, 1.82) is 0 Å². The third-order valence-electron chi connectivity index (χ3n) is 3.20. The Morgan fingerprint density at radius 3 is 2.81 bits per heavy atom. The number of unbranched alkanes of at least 4 members (excludes halogenated alkanes) is 1. The lowest BCUT2D eigenvalue weighted by Crippen LogP contribution is -2.20. The van der Waals surface area contributed by atoms with E-state index in [1.807, 2.05) is 18.2 Å². The number of carbonyl (C=O) groups excluding carboxylic acids is 2. The first kappa shape index (κ1) is 15.6. The van der Waals surface area contributed by atoms with E-state index in [0.29, 0.717) is 0 Å². The molecule has 0 N–H and O–H groups in total. The molecule has 0 fully saturated rings.